The Labute approximate surface area is 138 Å². The number of rotatable bonds is 5. The number of hydrogen-bond donors (Lipinski definition) is 0. The first-order chi connectivity index (χ1) is 11.7. The molecular weight excluding hydrogens is 313 g/mol. The third-order valence-corrected chi connectivity index (χ3v) is 4.43. The summed E-state index contributed by atoms with van der Waals surface area (Å²) < 4.78 is 24.0. The van der Waals surface area contributed by atoms with Crippen LogP contribution in [0.1, 0.15) is 37.0 Å². The van der Waals surface area contributed by atoms with Gasteiger partial charge in [-0.3, -0.25) is 4.79 Å². The van der Waals surface area contributed by atoms with E-state index < -0.39 is 0 Å². The van der Waals surface area contributed by atoms with Crippen molar-refractivity contribution in [2.45, 2.75) is 31.8 Å². The van der Waals surface area contributed by atoms with Gasteiger partial charge >= 0.3 is 0 Å². The van der Waals surface area contributed by atoms with E-state index in [9.17, 15) is 9.18 Å². The molecule has 24 heavy (non-hydrogen) atoms. The quantitative estimate of drug-likeness (QED) is 0.842. The molecule has 1 saturated carbocycles. The van der Waals surface area contributed by atoms with Crippen LogP contribution in [0.2, 0.25) is 0 Å². The highest BCUT2D eigenvalue weighted by Gasteiger charge is 2.38. The molecule has 7 heteroatoms. The van der Waals surface area contributed by atoms with Gasteiger partial charge in [0, 0.05) is 19.0 Å². The molecule has 2 fully saturated rings. The fraction of sp³-hybridized carbons (Fsp3) is 0.471. The minimum absolute atomic E-state index is 0.0970. The molecule has 6 nitrogen and oxygen atoms in total. The van der Waals surface area contributed by atoms with Gasteiger partial charge in [0.1, 0.15) is 11.6 Å². The Bertz CT molecular complexity index is 727. The standard InChI is InChI=1S/C17H18FN3O3/c18-13-3-5-14(6-4-13)23-10-15-19-20-16(24-15)12-7-8-21(9-12)17(22)11-1-2-11/h3-6,11-12H,1-2,7-10H2/t12-/m0/s1. The first-order valence-electron chi connectivity index (χ1n) is 8.18. The lowest BCUT2D eigenvalue weighted by Crippen LogP contribution is -2.29. The summed E-state index contributed by atoms with van der Waals surface area (Å²) in [6, 6.07) is 5.76. The maximum atomic E-state index is 12.8. The summed E-state index contributed by atoms with van der Waals surface area (Å²) in [5.41, 5.74) is 0. The van der Waals surface area contributed by atoms with E-state index in [4.69, 9.17) is 9.15 Å². The number of aromatic nitrogens is 2. The molecule has 1 aromatic carbocycles. The summed E-state index contributed by atoms with van der Waals surface area (Å²) in [5, 5.41) is 8.08. The Hall–Kier alpha value is -2.44. The molecule has 1 aliphatic heterocycles. The van der Waals surface area contributed by atoms with Crippen LogP contribution in [0.3, 0.4) is 0 Å². The Kier molecular flexibility index (Phi) is 3.92. The third-order valence-electron chi connectivity index (χ3n) is 4.43. The number of benzene rings is 1. The van der Waals surface area contributed by atoms with Crippen molar-refractivity contribution in [2.75, 3.05) is 13.1 Å². The number of likely N-dealkylation sites (tertiary alicyclic amines) is 1. The summed E-state index contributed by atoms with van der Waals surface area (Å²) in [6.07, 6.45) is 2.88. The monoisotopic (exact) mass is 331 g/mol. The van der Waals surface area contributed by atoms with E-state index in [0.29, 0.717) is 24.1 Å². The maximum absolute atomic E-state index is 12.8. The molecule has 1 saturated heterocycles. The molecule has 0 bridgehead atoms. The van der Waals surface area contributed by atoms with Crippen LogP contribution in [-0.2, 0) is 11.4 Å². The number of carbonyl (C=O) groups is 1. The Morgan fingerprint density at radius 1 is 1.25 bits per heavy atom. The average molecular weight is 331 g/mol. The van der Waals surface area contributed by atoms with Crippen LogP contribution in [0.4, 0.5) is 4.39 Å². The molecule has 1 amide bonds. The highest BCUT2D eigenvalue weighted by Crippen LogP contribution is 2.34. The van der Waals surface area contributed by atoms with Crippen molar-refractivity contribution in [3.63, 3.8) is 0 Å². The minimum atomic E-state index is -0.311. The summed E-state index contributed by atoms with van der Waals surface area (Å²) in [4.78, 5) is 14.0. The Morgan fingerprint density at radius 3 is 2.79 bits per heavy atom. The second-order valence-electron chi connectivity index (χ2n) is 6.32. The molecule has 1 aliphatic carbocycles. The molecule has 126 valence electrons. The van der Waals surface area contributed by atoms with Crippen LogP contribution in [0.5, 0.6) is 5.75 Å². The maximum Gasteiger partial charge on any atom is 0.253 e. The zero-order valence-corrected chi connectivity index (χ0v) is 13.2. The number of carbonyl (C=O) groups excluding carboxylic acids is 1. The SMILES string of the molecule is O=C(C1CC1)N1CC[C@H](c2nnc(COc3ccc(F)cc3)o2)C1. The summed E-state index contributed by atoms with van der Waals surface area (Å²) in [6.45, 7) is 1.54. The van der Waals surface area contributed by atoms with Gasteiger partial charge in [-0.15, -0.1) is 10.2 Å². The number of ether oxygens (including phenoxy) is 1. The first-order valence-corrected chi connectivity index (χ1v) is 8.18. The molecule has 4 rings (SSSR count). The fourth-order valence-electron chi connectivity index (χ4n) is 2.92. The van der Waals surface area contributed by atoms with Gasteiger partial charge < -0.3 is 14.1 Å². The third kappa shape index (κ3) is 3.25. The van der Waals surface area contributed by atoms with Crippen LogP contribution < -0.4 is 4.74 Å². The zero-order chi connectivity index (χ0) is 16.5. The molecule has 0 radical (unpaired) electrons. The Balaban J connectivity index is 1.33. The predicted octanol–water partition coefficient (Wildman–Crippen LogP) is 2.51. The van der Waals surface area contributed by atoms with Gasteiger partial charge in [0.15, 0.2) is 6.61 Å². The van der Waals surface area contributed by atoms with Crippen molar-refractivity contribution in [1.29, 1.82) is 0 Å². The first kappa shape index (κ1) is 15.1. The van der Waals surface area contributed by atoms with Crippen LogP contribution >= 0.6 is 0 Å². The van der Waals surface area contributed by atoms with E-state index in [0.717, 1.165) is 25.8 Å². The number of hydrogen-bond acceptors (Lipinski definition) is 5. The number of nitrogens with zero attached hydrogens (tertiary/aromatic N) is 3. The molecular formula is C17H18FN3O3. The van der Waals surface area contributed by atoms with Crippen LogP contribution in [0.25, 0.3) is 0 Å². The van der Waals surface area contributed by atoms with Crippen LogP contribution in [0, 0.1) is 11.7 Å². The van der Waals surface area contributed by atoms with Gasteiger partial charge in [-0.2, -0.15) is 0 Å². The predicted molar refractivity (Wildman–Crippen MR) is 81.7 cm³/mol. The zero-order valence-electron chi connectivity index (χ0n) is 13.2. The van der Waals surface area contributed by atoms with Crippen molar-refractivity contribution in [2.24, 2.45) is 5.92 Å². The van der Waals surface area contributed by atoms with Gasteiger partial charge in [0.25, 0.3) is 5.89 Å². The average Bonchev–Trinajstić information content (AvgIpc) is 3.14. The van der Waals surface area contributed by atoms with Crippen LogP contribution in [0.15, 0.2) is 28.7 Å². The fourth-order valence-corrected chi connectivity index (χ4v) is 2.92. The van der Waals surface area contributed by atoms with Gasteiger partial charge in [0.2, 0.25) is 11.8 Å². The Morgan fingerprint density at radius 2 is 2.04 bits per heavy atom. The molecule has 2 aromatic rings. The minimum Gasteiger partial charge on any atom is -0.484 e. The van der Waals surface area contributed by atoms with Crippen LogP contribution in [-0.4, -0.2) is 34.1 Å². The van der Waals surface area contributed by atoms with Gasteiger partial charge in [-0.05, 0) is 43.5 Å². The summed E-state index contributed by atoms with van der Waals surface area (Å²) in [5.74, 6) is 1.76. The molecule has 0 N–H and O–H groups in total. The van der Waals surface area contributed by atoms with E-state index in [1.807, 2.05) is 4.90 Å². The highest BCUT2D eigenvalue weighted by atomic mass is 19.1. The molecule has 2 heterocycles. The lowest BCUT2D eigenvalue weighted by atomic mass is 10.1. The molecule has 2 aliphatic rings. The van der Waals surface area contributed by atoms with Crippen molar-refractivity contribution in [3.8, 4) is 5.75 Å². The second kappa shape index (κ2) is 6.22. The molecule has 0 unspecified atom stereocenters. The highest BCUT2D eigenvalue weighted by molar-refractivity contribution is 5.81. The van der Waals surface area contributed by atoms with E-state index in [-0.39, 0.29) is 30.2 Å². The normalized spacial score (nSPS) is 20.4. The van der Waals surface area contributed by atoms with Crippen molar-refractivity contribution in [1.82, 2.24) is 15.1 Å². The number of amides is 1. The molecule has 0 spiro atoms. The summed E-state index contributed by atoms with van der Waals surface area (Å²) >= 11 is 0. The van der Waals surface area contributed by atoms with Crippen molar-refractivity contribution < 1.29 is 18.3 Å². The second-order valence-corrected chi connectivity index (χ2v) is 6.32. The van der Waals surface area contributed by atoms with Crippen molar-refractivity contribution >= 4 is 5.91 Å². The topological polar surface area (TPSA) is 68.5 Å². The summed E-state index contributed by atoms with van der Waals surface area (Å²) in [7, 11) is 0. The lowest BCUT2D eigenvalue weighted by Gasteiger charge is -2.14. The molecule has 1 atom stereocenters. The van der Waals surface area contributed by atoms with Gasteiger partial charge in [0.05, 0.1) is 5.92 Å². The number of halogens is 1. The van der Waals surface area contributed by atoms with Crippen molar-refractivity contribution in [3.05, 3.63) is 41.9 Å². The largest absolute Gasteiger partial charge is 0.484 e. The van der Waals surface area contributed by atoms with Gasteiger partial charge in [-0.1, -0.05) is 0 Å². The van der Waals surface area contributed by atoms with E-state index in [2.05, 4.69) is 10.2 Å². The van der Waals surface area contributed by atoms with E-state index in [1.165, 1.54) is 12.1 Å². The van der Waals surface area contributed by atoms with Gasteiger partial charge in [-0.25, -0.2) is 4.39 Å². The lowest BCUT2D eigenvalue weighted by molar-refractivity contribution is -0.131. The van der Waals surface area contributed by atoms with E-state index >= 15 is 0 Å². The van der Waals surface area contributed by atoms with E-state index in [1.54, 1.807) is 12.1 Å². The smallest absolute Gasteiger partial charge is 0.253 e. The molecule has 1 aromatic heterocycles.